The molecular weight excluding hydrogens is 612 g/mol. The standard InChI is InChI=1S/C36H34N6O6/c43-29-7-1-19-37-31(29)35(47)41-21-3-5-27(41)33(45)39-25-15-11-23(12-16-25)9-10-24-13-17-26(18-14-24)40-34(46)28-6-4-22-42(28)36(48)32-30(44)8-2-20-38-32/h1-2,7-20,27-28,43-44H,3-6,21-22H2,(H,39,45)(H,40,46)/t27-,28-/m0/s1. The summed E-state index contributed by atoms with van der Waals surface area (Å²) >= 11 is 0. The number of aromatic hydroxyl groups is 2. The number of pyridine rings is 2. The van der Waals surface area contributed by atoms with Gasteiger partial charge in [-0.2, -0.15) is 0 Å². The number of hydrogen-bond acceptors (Lipinski definition) is 8. The van der Waals surface area contributed by atoms with Crippen LogP contribution in [-0.4, -0.2) is 78.8 Å². The van der Waals surface area contributed by atoms with Crippen molar-refractivity contribution in [3.63, 3.8) is 0 Å². The number of carbonyl (C=O) groups is 4. The molecule has 4 N–H and O–H groups in total. The molecule has 2 atom stereocenters. The third-order valence-electron chi connectivity index (χ3n) is 8.44. The normalized spacial score (nSPS) is 17.4. The predicted molar refractivity (Wildman–Crippen MR) is 179 cm³/mol. The number of nitrogens with one attached hydrogen (secondary N) is 2. The van der Waals surface area contributed by atoms with E-state index in [0.29, 0.717) is 50.1 Å². The molecule has 12 heteroatoms. The zero-order chi connectivity index (χ0) is 33.6. The molecule has 2 aliphatic rings. The molecule has 6 rings (SSSR count). The summed E-state index contributed by atoms with van der Waals surface area (Å²) in [6.45, 7) is 0.811. The average molecular weight is 647 g/mol. The minimum atomic E-state index is -0.660. The monoisotopic (exact) mass is 646 g/mol. The molecule has 48 heavy (non-hydrogen) atoms. The lowest BCUT2D eigenvalue weighted by atomic mass is 10.1. The molecule has 4 heterocycles. The van der Waals surface area contributed by atoms with Gasteiger partial charge in [0.2, 0.25) is 11.8 Å². The number of nitrogens with zero attached hydrogens (tertiary/aromatic N) is 4. The molecule has 0 bridgehead atoms. The highest BCUT2D eigenvalue weighted by Crippen LogP contribution is 2.26. The van der Waals surface area contributed by atoms with Gasteiger partial charge in [0.1, 0.15) is 23.6 Å². The molecule has 2 aromatic heterocycles. The van der Waals surface area contributed by atoms with Crippen molar-refractivity contribution in [1.29, 1.82) is 0 Å². The molecule has 12 nitrogen and oxygen atoms in total. The number of carbonyl (C=O) groups excluding carboxylic acids is 4. The first kappa shape index (κ1) is 31.9. The minimum absolute atomic E-state index is 0.0686. The largest absolute Gasteiger partial charge is 0.505 e. The van der Waals surface area contributed by atoms with E-state index in [0.717, 1.165) is 11.1 Å². The minimum Gasteiger partial charge on any atom is -0.505 e. The van der Waals surface area contributed by atoms with Crippen molar-refractivity contribution in [3.05, 3.63) is 108 Å². The number of amides is 4. The van der Waals surface area contributed by atoms with Crippen LogP contribution in [-0.2, 0) is 9.59 Å². The fraction of sp³-hybridized carbons (Fsp3) is 0.222. The van der Waals surface area contributed by atoms with Crippen molar-refractivity contribution < 1.29 is 29.4 Å². The Morgan fingerprint density at radius 1 is 0.625 bits per heavy atom. The Kier molecular flexibility index (Phi) is 9.42. The predicted octanol–water partition coefficient (Wildman–Crippen LogP) is 4.54. The number of rotatable bonds is 8. The highest BCUT2D eigenvalue weighted by atomic mass is 16.3. The maximum absolute atomic E-state index is 13.1. The zero-order valence-corrected chi connectivity index (χ0v) is 26.0. The van der Waals surface area contributed by atoms with E-state index in [1.807, 2.05) is 36.4 Å². The van der Waals surface area contributed by atoms with Gasteiger partial charge >= 0.3 is 0 Å². The third-order valence-corrected chi connectivity index (χ3v) is 8.44. The second-order valence-corrected chi connectivity index (χ2v) is 11.6. The van der Waals surface area contributed by atoms with Gasteiger partial charge in [0.25, 0.3) is 11.8 Å². The van der Waals surface area contributed by atoms with Crippen LogP contribution >= 0.6 is 0 Å². The van der Waals surface area contributed by atoms with Gasteiger partial charge in [-0.1, -0.05) is 36.4 Å². The topological polar surface area (TPSA) is 165 Å². The van der Waals surface area contributed by atoms with E-state index < -0.39 is 23.9 Å². The van der Waals surface area contributed by atoms with Gasteiger partial charge in [0.15, 0.2) is 11.4 Å². The summed E-state index contributed by atoms with van der Waals surface area (Å²) < 4.78 is 0. The second-order valence-electron chi connectivity index (χ2n) is 11.6. The second kappa shape index (κ2) is 14.2. The van der Waals surface area contributed by atoms with Gasteiger partial charge in [-0.15, -0.1) is 0 Å². The molecule has 0 saturated carbocycles. The van der Waals surface area contributed by atoms with Crippen LogP contribution in [0.25, 0.3) is 12.2 Å². The molecule has 2 fully saturated rings. The highest BCUT2D eigenvalue weighted by Gasteiger charge is 2.37. The zero-order valence-electron chi connectivity index (χ0n) is 26.0. The lowest BCUT2D eigenvalue weighted by molar-refractivity contribution is -0.120. The summed E-state index contributed by atoms with van der Waals surface area (Å²) in [5, 5.41) is 25.8. The number of aromatic nitrogens is 2. The summed E-state index contributed by atoms with van der Waals surface area (Å²) in [4.78, 5) is 62.9. The van der Waals surface area contributed by atoms with Crippen molar-refractivity contribution in [2.75, 3.05) is 23.7 Å². The van der Waals surface area contributed by atoms with Crippen LogP contribution in [0.1, 0.15) is 57.8 Å². The molecule has 4 amide bonds. The van der Waals surface area contributed by atoms with Crippen LogP contribution in [0, 0.1) is 0 Å². The van der Waals surface area contributed by atoms with E-state index in [9.17, 15) is 29.4 Å². The van der Waals surface area contributed by atoms with E-state index in [1.54, 1.807) is 24.3 Å². The van der Waals surface area contributed by atoms with E-state index in [2.05, 4.69) is 20.6 Å². The summed E-state index contributed by atoms with van der Waals surface area (Å²) in [6.07, 6.45) is 9.09. The van der Waals surface area contributed by atoms with Gasteiger partial charge in [0.05, 0.1) is 0 Å². The summed E-state index contributed by atoms with van der Waals surface area (Å²) in [6, 6.07) is 19.1. The lowest BCUT2D eigenvalue weighted by Crippen LogP contribution is -2.43. The van der Waals surface area contributed by atoms with E-state index >= 15 is 0 Å². The first-order valence-electron chi connectivity index (χ1n) is 15.7. The first-order valence-corrected chi connectivity index (χ1v) is 15.7. The number of benzene rings is 2. The Morgan fingerprint density at radius 2 is 1.02 bits per heavy atom. The molecular formula is C36H34N6O6. The maximum atomic E-state index is 13.1. The van der Waals surface area contributed by atoms with Crippen LogP contribution in [0.4, 0.5) is 11.4 Å². The highest BCUT2D eigenvalue weighted by molar-refractivity contribution is 6.03. The molecule has 0 unspecified atom stereocenters. The Bertz CT molecular complexity index is 1720. The van der Waals surface area contributed by atoms with Gasteiger partial charge in [-0.05, 0) is 85.3 Å². The van der Waals surface area contributed by atoms with Crippen molar-refractivity contribution in [1.82, 2.24) is 19.8 Å². The SMILES string of the molecule is O=C(Nc1ccc(C=Cc2ccc(NC(=O)[C@@H]3CCCN3C(=O)c3ncccc3O)cc2)cc1)[C@@H]1CCCN1C(=O)c1ncccc1O. The number of likely N-dealkylation sites (tertiary alicyclic amines) is 2. The Morgan fingerprint density at radius 3 is 1.40 bits per heavy atom. The van der Waals surface area contributed by atoms with Crippen molar-refractivity contribution >= 4 is 47.2 Å². The molecule has 2 saturated heterocycles. The maximum Gasteiger partial charge on any atom is 0.276 e. The molecule has 244 valence electrons. The van der Waals surface area contributed by atoms with E-state index in [1.165, 1.54) is 46.5 Å². The summed E-state index contributed by atoms with van der Waals surface area (Å²) in [5.41, 5.74) is 2.85. The molecule has 0 radical (unpaired) electrons. The van der Waals surface area contributed by atoms with Gasteiger partial charge < -0.3 is 30.6 Å². The smallest absolute Gasteiger partial charge is 0.276 e. The lowest BCUT2D eigenvalue weighted by Gasteiger charge is -2.24. The van der Waals surface area contributed by atoms with E-state index in [-0.39, 0.29) is 34.7 Å². The number of anilines is 2. The van der Waals surface area contributed by atoms with Crippen LogP contribution in [0.15, 0.2) is 85.2 Å². The van der Waals surface area contributed by atoms with Crippen molar-refractivity contribution in [3.8, 4) is 11.5 Å². The molecule has 2 aliphatic heterocycles. The fourth-order valence-electron chi connectivity index (χ4n) is 5.96. The Hall–Kier alpha value is -6.04. The van der Waals surface area contributed by atoms with Crippen LogP contribution in [0.3, 0.4) is 0 Å². The average Bonchev–Trinajstić information content (AvgIpc) is 3.80. The Balaban J connectivity index is 1.02. The third kappa shape index (κ3) is 7.02. The number of hydrogen-bond donors (Lipinski definition) is 4. The summed E-state index contributed by atoms with van der Waals surface area (Å²) in [7, 11) is 0. The van der Waals surface area contributed by atoms with Crippen LogP contribution in [0.5, 0.6) is 11.5 Å². The van der Waals surface area contributed by atoms with Crippen LogP contribution < -0.4 is 10.6 Å². The summed E-state index contributed by atoms with van der Waals surface area (Å²) in [5.74, 6) is -1.98. The van der Waals surface area contributed by atoms with Gasteiger partial charge in [-0.25, -0.2) is 9.97 Å². The van der Waals surface area contributed by atoms with E-state index in [4.69, 9.17) is 0 Å². The Labute approximate surface area is 276 Å². The molecule has 0 spiro atoms. The molecule has 2 aromatic carbocycles. The quantitative estimate of drug-likeness (QED) is 0.203. The fourth-order valence-corrected chi connectivity index (χ4v) is 5.96. The van der Waals surface area contributed by atoms with Crippen molar-refractivity contribution in [2.45, 2.75) is 37.8 Å². The molecule has 4 aromatic rings. The van der Waals surface area contributed by atoms with Gasteiger partial charge in [-0.3, -0.25) is 19.2 Å². The first-order chi connectivity index (χ1) is 23.3. The molecule has 0 aliphatic carbocycles. The van der Waals surface area contributed by atoms with Crippen molar-refractivity contribution in [2.24, 2.45) is 0 Å². The van der Waals surface area contributed by atoms with Gasteiger partial charge in [0, 0.05) is 36.9 Å². The van der Waals surface area contributed by atoms with Crippen LogP contribution in [0.2, 0.25) is 0 Å².